The number of hydrogen-bond donors (Lipinski definition) is 1. The van der Waals surface area contributed by atoms with E-state index in [-0.39, 0.29) is 0 Å². The Kier molecular flexibility index (Phi) is 3.33. The molecule has 2 N–H and O–H groups in total. The monoisotopic (exact) mass is 193 g/mol. The molecule has 1 rings (SSSR count). The largest absolute Gasteiger partial charge is 0.382 e. The van der Waals surface area contributed by atoms with E-state index in [4.69, 9.17) is 5.73 Å². The molecule has 0 saturated carbocycles. The highest BCUT2D eigenvalue weighted by Gasteiger charge is 2.15. The van der Waals surface area contributed by atoms with E-state index in [1.807, 2.05) is 12.1 Å². The topological polar surface area (TPSA) is 42.2 Å². The van der Waals surface area contributed by atoms with Crippen molar-refractivity contribution < 1.29 is 0 Å². The van der Waals surface area contributed by atoms with Crippen molar-refractivity contribution in [3.05, 3.63) is 18.3 Å². The van der Waals surface area contributed by atoms with Crippen LogP contribution in [0.5, 0.6) is 0 Å². The van der Waals surface area contributed by atoms with Gasteiger partial charge < -0.3 is 10.6 Å². The van der Waals surface area contributed by atoms with E-state index < -0.39 is 0 Å². The van der Waals surface area contributed by atoms with Gasteiger partial charge in [0, 0.05) is 19.3 Å². The van der Waals surface area contributed by atoms with Crippen molar-refractivity contribution in [1.29, 1.82) is 0 Å². The minimum absolute atomic E-state index is 0.460. The van der Waals surface area contributed by atoms with Crippen LogP contribution >= 0.6 is 0 Å². The number of pyridine rings is 1. The van der Waals surface area contributed by atoms with Crippen molar-refractivity contribution in [3.8, 4) is 0 Å². The number of aromatic nitrogens is 1. The highest BCUT2D eigenvalue weighted by atomic mass is 15.2. The summed E-state index contributed by atoms with van der Waals surface area (Å²) >= 11 is 0. The van der Waals surface area contributed by atoms with Crippen LogP contribution in [0.1, 0.15) is 20.8 Å². The van der Waals surface area contributed by atoms with Gasteiger partial charge in [-0.2, -0.15) is 0 Å². The molecule has 3 heteroatoms. The van der Waals surface area contributed by atoms with Crippen LogP contribution in [0.2, 0.25) is 0 Å². The van der Waals surface area contributed by atoms with Crippen molar-refractivity contribution in [2.75, 3.05) is 17.7 Å². The van der Waals surface area contributed by atoms with E-state index in [0.717, 1.165) is 5.69 Å². The number of nitrogens with zero attached hydrogens (tertiary/aromatic N) is 2. The zero-order valence-electron chi connectivity index (χ0n) is 9.36. The maximum absolute atomic E-state index is 5.81. The molecule has 1 aromatic rings. The van der Waals surface area contributed by atoms with Crippen LogP contribution in [0.25, 0.3) is 0 Å². The third-order valence-electron chi connectivity index (χ3n) is 2.77. The number of nitrogens with two attached hydrogens (primary N) is 1. The third-order valence-corrected chi connectivity index (χ3v) is 2.77. The second-order valence-electron chi connectivity index (χ2n) is 4.00. The first-order valence-electron chi connectivity index (χ1n) is 4.97. The molecular formula is C11H19N3. The Hall–Kier alpha value is -1.25. The van der Waals surface area contributed by atoms with Crippen molar-refractivity contribution in [2.45, 2.75) is 26.8 Å². The molecule has 0 spiro atoms. The van der Waals surface area contributed by atoms with E-state index in [1.54, 1.807) is 6.20 Å². The van der Waals surface area contributed by atoms with Crippen molar-refractivity contribution >= 4 is 11.5 Å². The second kappa shape index (κ2) is 4.31. The molecule has 0 amide bonds. The van der Waals surface area contributed by atoms with Crippen LogP contribution in [-0.2, 0) is 0 Å². The standard InChI is InChI=1S/C11H19N3/c1-8(2)9(3)14(4)10-6-5-7-13-11(10)12/h5-9H,1-4H3,(H2,12,13). The Balaban J connectivity index is 2.89. The maximum atomic E-state index is 5.81. The van der Waals surface area contributed by atoms with Gasteiger partial charge in [0.05, 0.1) is 5.69 Å². The van der Waals surface area contributed by atoms with E-state index >= 15 is 0 Å². The summed E-state index contributed by atoms with van der Waals surface area (Å²) in [6.07, 6.45) is 1.71. The van der Waals surface area contributed by atoms with Gasteiger partial charge in [0.15, 0.2) is 0 Å². The molecule has 0 radical (unpaired) electrons. The quantitative estimate of drug-likeness (QED) is 0.799. The summed E-state index contributed by atoms with van der Waals surface area (Å²) < 4.78 is 0. The fourth-order valence-electron chi connectivity index (χ4n) is 1.37. The summed E-state index contributed by atoms with van der Waals surface area (Å²) in [7, 11) is 2.05. The lowest BCUT2D eigenvalue weighted by Gasteiger charge is -2.30. The molecule has 1 heterocycles. The first-order chi connectivity index (χ1) is 6.54. The van der Waals surface area contributed by atoms with Gasteiger partial charge in [0.1, 0.15) is 5.82 Å². The SMILES string of the molecule is CC(C)C(C)N(C)c1cccnc1N. The number of rotatable bonds is 3. The van der Waals surface area contributed by atoms with Crippen molar-refractivity contribution in [1.82, 2.24) is 4.98 Å². The Labute approximate surface area is 85.9 Å². The van der Waals surface area contributed by atoms with E-state index in [1.165, 1.54) is 0 Å². The highest BCUT2D eigenvalue weighted by Crippen LogP contribution is 2.23. The zero-order chi connectivity index (χ0) is 10.7. The average Bonchev–Trinajstić information content (AvgIpc) is 2.16. The van der Waals surface area contributed by atoms with Crippen LogP contribution in [0, 0.1) is 5.92 Å². The smallest absolute Gasteiger partial charge is 0.146 e. The lowest BCUT2D eigenvalue weighted by molar-refractivity contribution is 0.506. The van der Waals surface area contributed by atoms with Crippen molar-refractivity contribution in [2.24, 2.45) is 5.92 Å². The Morgan fingerprint density at radius 3 is 2.50 bits per heavy atom. The number of nitrogen functional groups attached to an aromatic ring is 1. The maximum Gasteiger partial charge on any atom is 0.146 e. The molecular weight excluding hydrogens is 174 g/mol. The minimum Gasteiger partial charge on any atom is -0.382 e. The Bertz CT molecular complexity index is 296. The van der Waals surface area contributed by atoms with Crippen LogP contribution in [-0.4, -0.2) is 18.1 Å². The van der Waals surface area contributed by atoms with Gasteiger partial charge in [-0.05, 0) is 25.0 Å². The van der Waals surface area contributed by atoms with Gasteiger partial charge in [-0.3, -0.25) is 0 Å². The molecule has 0 fully saturated rings. The molecule has 1 aromatic heterocycles. The van der Waals surface area contributed by atoms with E-state index in [9.17, 15) is 0 Å². The van der Waals surface area contributed by atoms with Crippen LogP contribution in [0.3, 0.4) is 0 Å². The molecule has 1 unspecified atom stereocenters. The minimum atomic E-state index is 0.460. The van der Waals surface area contributed by atoms with Gasteiger partial charge in [0.25, 0.3) is 0 Å². The molecule has 0 aliphatic rings. The summed E-state index contributed by atoms with van der Waals surface area (Å²) in [6, 6.07) is 4.37. The summed E-state index contributed by atoms with van der Waals surface area (Å²) in [4.78, 5) is 6.25. The summed E-state index contributed by atoms with van der Waals surface area (Å²) in [5, 5.41) is 0. The molecule has 0 aliphatic carbocycles. The fraction of sp³-hybridized carbons (Fsp3) is 0.545. The van der Waals surface area contributed by atoms with Gasteiger partial charge >= 0.3 is 0 Å². The first-order valence-corrected chi connectivity index (χ1v) is 4.97. The van der Waals surface area contributed by atoms with Gasteiger partial charge in [-0.1, -0.05) is 13.8 Å². The Morgan fingerprint density at radius 2 is 2.00 bits per heavy atom. The van der Waals surface area contributed by atoms with Gasteiger partial charge in [0.2, 0.25) is 0 Å². The lowest BCUT2D eigenvalue weighted by atomic mass is 10.0. The summed E-state index contributed by atoms with van der Waals surface area (Å²) in [6.45, 7) is 6.60. The van der Waals surface area contributed by atoms with Crippen LogP contribution < -0.4 is 10.6 Å². The molecule has 78 valence electrons. The molecule has 0 saturated heterocycles. The fourth-order valence-corrected chi connectivity index (χ4v) is 1.37. The van der Waals surface area contributed by atoms with Crippen LogP contribution in [0.15, 0.2) is 18.3 Å². The zero-order valence-corrected chi connectivity index (χ0v) is 9.36. The predicted molar refractivity (Wildman–Crippen MR) is 61.4 cm³/mol. The predicted octanol–water partition coefficient (Wildman–Crippen LogP) is 2.14. The van der Waals surface area contributed by atoms with Gasteiger partial charge in [-0.25, -0.2) is 4.98 Å². The second-order valence-corrected chi connectivity index (χ2v) is 4.00. The van der Waals surface area contributed by atoms with E-state index in [0.29, 0.717) is 17.8 Å². The third kappa shape index (κ3) is 2.16. The van der Waals surface area contributed by atoms with Gasteiger partial charge in [-0.15, -0.1) is 0 Å². The average molecular weight is 193 g/mol. The summed E-state index contributed by atoms with van der Waals surface area (Å²) in [5.41, 5.74) is 6.81. The van der Waals surface area contributed by atoms with Crippen LogP contribution in [0.4, 0.5) is 11.5 Å². The highest BCUT2D eigenvalue weighted by molar-refractivity contribution is 5.62. The molecule has 1 atom stereocenters. The Morgan fingerprint density at radius 1 is 1.36 bits per heavy atom. The molecule has 0 aromatic carbocycles. The first kappa shape index (κ1) is 10.8. The molecule has 14 heavy (non-hydrogen) atoms. The molecule has 0 aliphatic heterocycles. The van der Waals surface area contributed by atoms with Crippen molar-refractivity contribution in [3.63, 3.8) is 0 Å². The lowest BCUT2D eigenvalue weighted by Crippen LogP contribution is -2.33. The summed E-state index contributed by atoms with van der Waals surface area (Å²) in [5.74, 6) is 1.20. The van der Waals surface area contributed by atoms with E-state index in [2.05, 4.69) is 37.7 Å². The molecule has 3 nitrogen and oxygen atoms in total. The normalized spacial score (nSPS) is 12.9. The number of hydrogen-bond acceptors (Lipinski definition) is 3. The molecule has 0 bridgehead atoms. The number of anilines is 2.